The molecule has 2 rings (SSSR count). The van der Waals surface area contributed by atoms with Gasteiger partial charge in [0.15, 0.2) is 0 Å². The van der Waals surface area contributed by atoms with Gasteiger partial charge in [0.2, 0.25) is 0 Å². The molecule has 16 heavy (non-hydrogen) atoms. The van der Waals surface area contributed by atoms with E-state index in [2.05, 4.69) is 18.8 Å². The van der Waals surface area contributed by atoms with Crippen LogP contribution in [0.25, 0.3) is 0 Å². The van der Waals surface area contributed by atoms with Gasteiger partial charge >= 0.3 is 0 Å². The number of pyridine rings is 1. The summed E-state index contributed by atoms with van der Waals surface area (Å²) in [6, 6.07) is 3.46. The summed E-state index contributed by atoms with van der Waals surface area (Å²) in [5.74, 6) is -0.0105. The monoisotopic (exact) mass is 238 g/mol. The standard InChI is InChI=1S/C12H15ClN2O/c1-12(2)5-7-15(8-12)11(16)9-4-3-6-14-10(9)13/h3-4,6H,5,7-8H2,1-2H3. The van der Waals surface area contributed by atoms with Crippen molar-refractivity contribution in [1.82, 2.24) is 9.88 Å². The number of hydrogen-bond donors (Lipinski definition) is 0. The maximum atomic E-state index is 12.2. The second-order valence-corrected chi connectivity index (χ2v) is 5.34. The number of aromatic nitrogens is 1. The molecule has 1 amide bonds. The molecule has 1 aromatic rings. The van der Waals surface area contributed by atoms with Crippen LogP contribution in [0, 0.1) is 5.41 Å². The van der Waals surface area contributed by atoms with Crippen LogP contribution < -0.4 is 0 Å². The van der Waals surface area contributed by atoms with Gasteiger partial charge in [-0.1, -0.05) is 25.4 Å². The predicted molar refractivity (Wildman–Crippen MR) is 63.5 cm³/mol. The third kappa shape index (κ3) is 2.19. The van der Waals surface area contributed by atoms with Gasteiger partial charge < -0.3 is 4.90 Å². The fourth-order valence-corrected chi connectivity index (χ4v) is 2.20. The Morgan fingerprint density at radius 1 is 1.56 bits per heavy atom. The molecule has 0 saturated carbocycles. The normalized spacial score (nSPS) is 18.8. The molecule has 0 atom stereocenters. The molecule has 0 radical (unpaired) electrons. The Morgan fingerprint density at radius 3 is 2.88 bits per heavy atom. The van der Waals surface area contributed by atoms with Gasteiger partial charge in [-0.25, -0.2) is 4.98 Å². The minimum absolute atomic E-state index is 0.0105. The molecule has 0 bridgehead atoms. The summed E-state index contributed by atoms with van der Waals surface area (Å²) in [5.41, 5.74) is 0.714. The van der Waals surface area contributed by atoms with Crippen molar-refractivity contribution >= 4 is 17.5 Å². The Kier molecular flexibility index (Phi) is 2.89. The highest BCUT2D eigenvalue weighted by Gasteiger charge is 2.33. The number of carbonyl (C=O) groups is 1. The first-order chi connectivity index (χ1) is 7.49. The molecular formula is C12H15ClN2O. The van der Waals surface area contributed by atoms with E-state index in [-0.39, 0.29) is 16.5 Å². The molecular weight excluding hydrogens is 224 g/mol. The molecule has 0 aliphatic carbocycles. The van der Waals surface area contributed by atoms with E-state index in [1.54, 1.807) is 18.3 Å². The highest BCUT2D eigenvalue weighted by molar-refractivity contribution is 6.32. The lowest BCUT2D eigenvalue weighted by Gasteiger charge is -2.20. The van der Waals surface area contributed by atoms with Gasteiger partial charge in [-0.05, 0) is 24.0 Å². The number of likely N-dealkylation sites (tertiary alicyclic amines) is 1. The smallest absolute Gasteiger partial charge is 0.257 e. The van der Waals surface area contributed by atoms with Crippen LogP contribution in [0.15, 0.2) is 18.3 Å². The first-order valence-corrected chi connectivity index (χ1v) is 5.77. The van der Waals surface area contributed by atoms with Crippen molar-refractivity contribution in [2.75, 3.05) is 13.1 Å². The number of halogens is 1. The fourth-order valence-electron chi connectivity index (χ4n) is 2.00. The van der Waals surface area contributed by atoms with Crippen molar-refractivity contribution in [1.29, 1.82) is 0 Å². The number of rotatable bonds is 1. The van der Waals surface area contributed by atoms with Crippen molar-refractivity contribution in [2.24, 2.45) is 5.41 Å². The Hall–Kier alpha value is -1.09. The highest BCUT2D eigenvalue weighted by Crippen LogP contribution is 2.30. The van der Waals surface area contributed by atoms with E-state index in [9.17, 15) is 4.79 Å². The molecule has 2 heterocycles. The number of carbonyl (C=O) groups excluding carboxylic acids is 1. The fraction of sp³-hybridized carbons (Fsp3) is 0.500. The summed E-state index contributed by atoms with van der Waals surface area (Å²) < 4.78 is 0. The lowest BCUT2D eigenvalue weighted by Crippen LogP contribution is -2.30. The van der Waals surface area contributed by atoms with Crippen LogP contribution >= 0.6 is 11.6 Å². The van der Waals surface area contributed by atoms with Crippen LogP contribution in [0.3, 0.4) is 0 Å². The summed E-state index contributed by atoms with van der Waals surface area (Å²) in [5, 5.41) is 0.289. The summed E-state index contributed by atoms with van der Waals surface area (Å²) >= 11 is 5.91. The lowest BCUT2D eigenvalue weighted by molar-refractivity contribution is 0.0778. The topological polar surface area (TPSA) is 33.2 Å². The lowest BCUT2D eigenvalue weighted by atomic mass is 9.93. The molecule has 0 aromatic carbocycles. The second-order valence-electron chi connectivity index (χ2n) is 4.98. The molecule has 1 fully saturated rings. The van der Waals surface area contributed by atoms with Gasteiger partial charge in [-0.3, -0.25) is 4.79 Å². The summed E-state index contributed by atoms with van der Waals surface area (Å²) in [7, 11) is 0. The van der Waals surface area contributed by atoms with Crippen LogP contribution in [-0.2, 0) is 0 Å². The molecule has 4 heteroatoms. The van der Waals surface area contributed by atoms with E-state index in [0.29, 0.717) is 5.56 Å². The number of amides is 1. The van der Waals surface area contributed by atoms with Crippen LogP contribution in [0.2, 0.25) is 5.15 Å². The zero-order valence-corrected chi connectivity index (χ0v) is 10.3. The third-order valence-corrected chi connectivity index (χ3v) is 3.26. The zero-order chi connectivity index (χ0) is 11.8. The van der Waals surface area contributed by atoms with Crippen molar-refractivity contribution < 1.29 is 4.79 Å². The molecule has 1 saturated heterocycles. The Morgan fingerprint density at radius 2 is 2.31 bits per heavy atom. The summed E-state index contributed by atoms with van der Waals surface area (Å²) in [6.45, 7) is 5.93. The molecule has 1 aromatic heterocycles. The molecule has 1 aliphatic heterocycles. The SMILES string of the molecule is CC1(C)CCN(C(=O)c2cccnc2Cl)C1. The van der Waals surface area contributed by atoms with Gasteiger partial charge in [-0.2, -0.15) is 0 Å². The van der Waals surface area contributed by atoms with E-state index >= 15 is 0 Å². The Balaban J connectivity index is 2.18. The van der Waals surface area contributed by atoms with E-state index in [0.717, 1.165) is 19.5 Å². The van der Waals surface area contributed by atoms with Gasteiger partial charge in [0, 0.05) is 19.3 Å². The minimum atomic E-state index is -0.0105. The van der Waals surface area contributed by atoms with E-state index < -0.39 is 0 Å². The average molecular weight is 239 g/mol. The molecule has 1 aliphatic rings. The number of hydrogen-bond acceptors (Lipinski definition) is 2. The first kappa shape index (κ1) is 11.4. The Bertz CT molecular complexity index is 417. The summed E-state index contributed by atoms with van der Waals surface area (Å²) in [4.78, 5) is 17.9. The van der Waals surface area contributed by atoms with Crippen LogP contribution in [0.1, 0.15) is 30.6 Å². The van der Waals surface area contributed by atoms with Crippen molar-refractivity contribution in [3.63, 3.8) is 0 Å². The van der Waals surface area contributed by atoms with Crippen molar-refractivity contribution in [3.05, 3.63) is 29.0 Å². The zero-order valence-electron chi connectivity index (χ0n) is 9.53. The van der Waals surface area contributed by atoms with Gasteiger partial charge in [0.1, 0.15) is 5.15 Å². The van der Waals surface area contributed by atoms with Crippen LogP contribution in [-0.4, -0.2) is 28.9 Å². The first-order valence-electron chi connectivity index (χ1n) is 5.39. The quantitative estimate of drug-likeness (QED) is 0.705. The molecule has 0 spiro atoms. The second kappa shape index (κ2) is 4.06. The van der Waals surface area contributed by atoms with E-state index in [1.807, 2.05) is 4.90 Å². The third-order valence-electron chi connectivity index (χ3n) is 2.95. The minimum Gasteiger partial charge on any atom is -0.338 e. The van der Waals surface area contributed by atoms with Gasteiger partial charge in [-0.15, -0.1) is 0 Å². The average Bonchev–Trinajstić information content (AvgIpc) is 2.59. The largest absolute Gasteiger partial charge is 0.338 e. The maximum Gasteiger partial charge on any atom is 0.257 e. The molecule has 86 valence electrons. The van der Waals surface area contributed by atoms with E-state index in [1.165, 1.54) is 0 Å². The Labute approximate surface area is 100 Å². The maximum absolute atomic E-state index is 12.2. The summed E-state index contributed by atoms with van der Waals surface area (Å²) in [6.07, 6.45) is 2.63. The number of nitrogens with zero attached hydrogens (tertiary/aromatic N) is 2. The van der Waals surface area contributed by atoms with Crippen molar-refractivity contribution in [3.8, 4) is 0 Å². The van der Waals surface area contributed by atoms with Crippen LogP contribution in [0.4, 0.5) is 0 Å². The molecule has 0 unspecified atom stereocenters. The van der Waals surface area contributed by atoms with E-state index in [4.69, 9.17) is 11.6 Å². The molecule has 3 nitrogen and oxygen atoms in total. The van der Waals surface area contributed by atoms with Crippen LogP contribution in [0.5, 0.6) is 0 Å². The highest BCUT2D eigenvalue weighted by atomic mass is 35.5. The van der Waals surface area contributed by atoms with Crippen molar-refractivity contribution in [2.45, 2.75) is 20.3 Å². The van der Waals surface area contributed by atoms with Gasteiger partial charge in [0.25, 0.3) is 5.91 Å². The predicted octanol–water partition coefficient (Wildman–Crippen LogP) is 2.61. The molecule has 0 N–H and O–H groups in total. The van der Waals surface area contributed by atoms with Gasteiger partial charge in [0.05, 0.1) is 5.56 Å².